The number of thioether (sulfide) groups is 1. The molecule has 0 fully saturated rings. The first-order valence-electron chi connectivity index (χ1n) is 11.3. The van der Waals surface area contributed by atoms with Gasteiger partial charge in [-0.1, -0.05) is 55.8 Å². The number of anilines is 1. The molecule has 9 heteroatoms. The van der Waals surface area contributed by atoms with Gasteiger partial charge in [0.25, 0.3) is 6.17 Å². The van der Waals surface area contributed by atoms with Gasteiger partial charge in [-0.15, -0.1) is 0 Å². The summed E-state index contributed by atoms with van der Waals surface area (Å²) in [5.74, 6) is 0.419. The number of nitrogens with one attached hydrogen (secondary N) is 1. The van der Waals surface area contributed by atoms with Crippen molar-refractivity contribution in [3.8, 4) is 17.0 Å². The third kappa shape index (κ3) is 4.61. The lowest BCUT2D eigenvalue weighted by Gasteiger charge is -2.31. The van der Waals surface area contributed by atoms with Crippen LogP contribution in [-0.2, 0) is 9.59 Å². The maximum atomic E-state index is 13.3. The second-order valence-electron chi connectivity index (χ2n) is 8.02. The van der Waals surface area contributed by atoms with Crippen LogP contribution in [0.4, 0.5) is 5.69 Å². The molecule has 3 aromatic rings. The Labute approximate surface area is 202 Å². The van der Waals surface area contributed by atoms with Crippen LogP contribution in [0.15, 0.2) is 58.5 Å². The zero-order valence-electron chi connectivity index (χ0n) is 19.4. The van der Waals surface area contributed by atoms with Crippen molar-refractivity contribution in [1.29, 1.82) is 0 Å². The molecule has 34 heavy (non-hydrogen) atoms. The average Bonchev–Trinajstić information content (AvgIpc) is 2.80. The van der Waals surface area contributed by atoms with Crippen LogP contribution < -0.4 is 19.9 Å². The molecule has 0 saturated carbocycles. The Morgan fingerprint density at radius 1 is 1.12 bits per heavy atom. The molecule has 1 aliphatic heterocycles. The molecule has 0 saturated heterocycles. The summed E-state index contributed by atoms with van der Waals surface area (Å²) in [5.41, 5.74) is 1.80. The van der Waals surface area contributed by atoms with E-state index in [1.165, 1.54) is 25.6 Å². The van der Waals surface area contributed by atoms with Crippen LogP contribution >= 0.6 is 11.8 Å². The monoisotopic (exact) mass is 479 g/mol. The maximum Gasteiger partial charge on any atom is 0.325 e. The van der Waals surface area contributed by atoms with Crippen molar-refractivity contribution in [1.82, 2.24) is 10.1 Å². The molecule has 1 aromatic heterocycles. The van der Waals surface area contributed by atoms with Gasteiger partial charge in [0, 0.05) is 24.7 Å². The molecule has 2 aromatic carbocycles. The lowest BCUT2D eigenvalue weighted by molar-refractivity contribution is -0.763. The third-order valence-electron chi connectivity index (χ3n) is 5.53. The quantitative estimate of drug-likeness (QED) is 0.182. The summed E-state index contributed by atoms with van der Waals surface area (Å²) in [6.45, 7) is 4.93. The van der Waals surface area contributed by atoms with E-state index in [1.54, 1.807) is 46.0 Å². The number of benzene rings is 2. The first kappa shape index (κ1) is 23.7. The number of hydrogen-bond acceptors (Lipinski definition) is 6. The van der Waals surface area contributed by atoms with Gasteiger partial charge >= 0.3 is 17.2 Å². The largest absolute Gasteiger partial charge is 0.426 e. The molecule has 0 bridgehead atoms. The molecule has 4 rings (SSSR count). The Hall–Kier alpha value is -3.46. The highest BCUT2D eigenvalue weighted by Crippen LogP contribution is 2.39. The van der Waals surface area contributed by atoms with Gasteiger partial charge in [-0.05, 0) is 35.4 Å². The predicted molar refractivity (Wildman–Crippen MR) is 130 cm³/mol. The fraction of sp³-hybridized carbons (Fsp3) is 0.320. The van der Waals surface area contributed by atoms with E-state index in [4.69, 9.17) is 9.84 Å². The lowest BCUT2D eigenvalue weighted by Crippen LogP contribution is -2.60. The van der Waals surface area contributed by atoms with Crippen molar-refractivity contribution in [2.45, 2.75) is 51.4 Å². The molecular weight excluding hydrogens is 452 g/mol. The van der Waals surface area contributed by atoms with Crippen molar-refractivity contribution < 1.29 is 19.0 Å². The first-order valence-corrected chi connectivity index (χ1v) is 12.3. The average molecular weight is 480 g/mol. The number of ether oxygens (including phenoxy) is 1. The predicted octanol–water partition coefficient (Wildman–Crippen LogP) is 3.85. The highest BCUT2D eigenvalue weighted by atomic mass is 32.2. The number of para-hydroxylation sites is 2. The minimum absolute atomic E-state index is 0.229. The minimum Gasteiger partial charge on any atom is -0.426 e. The number of nitrogens with zero attached hydrogens (tertiary/aromatic N) is 3. The second-order valence-corrected chi connectivity index (χ2v) is 9.10. The van der Waals surface area contributed by atoms with E-state index in [0.717, 1.165) is 25.0 Å². The van der Waals surface area contributed by atoms with Crippen molar-refractivity contribution in [3.63, 3.8) is 0 Å². The number of aromatic amines is 1. The Kier molecular flexibility index (Phi) is 7.12. The standard InChI is InChI=1S/C25H26N4O4S/c1-4-5-10-15-34-25-26-23(32)22-18-11-6-8-13-20(18)28(16(2)30)24(29(22)27-25)19-12-7-9-14-21(19)33-17(3)31/h6-9,11-14,24H,4-5,10,15H2,1-3H3/p+1. The van der Waals surface area contributed by atoms with E-state index < -0.39 is 12.1 Å². The van der Waals surface area contributed by atoms with Crippen LogP contribution in [0.5, 0.6) is 5.75 Å². The molecule has 0 radical (unpaired) electrons. The molecule has 2 heterocycles. The molecule has 0 spiro atoms. The van der Waals surface area contributed by atoms with E-state index in [2.05, 4.69) is 11.9 Å². The number of carbonyl (C=O) groups is 2. The normalized spacial score (nSPS) is 14.3. The number of fused-ring (bicyclic) bond motifs is 3. The van der Waals surface area contributed by atoms with Gasteiger partial charge in [0.2, 0.25) is 11.1 Å². The van der Waals surface area contributed by atoms with Crippen LogP contribution in [0.1, 0.15) is 51.8 Å². The van der Waals surface area contributed by atoms with Gasteiger partial charge in [-0.3, -0.25) is 19.4 Å². The summed E-state index contributed by atoms with van der Waals surface area (Å²) in [6.07, 6.45) is 2.39. The summed E-state index contributed by atoms with van der Waals surface area (Å²) in [5, 5.41) is 5.25. The Balaban J connectivity index is 1.95. The van der Waals surface area contributed by atoms with Crippen LogP contribution in [-0.4, -0.2) is 27.7 Å². The number of rotatable bonds is 7. The van der Waals surface area contributed by atoms with E-state index in [9.17, 15) is 14.4 Å². The van der Waals surface area contributed by atoms with Crippen LogP contribution in [0.3, 0.4) is 0 Å². The zero-order valence-corrected chi connectivity index (χ0v) is 20.2. The van der Waals surface area contributed by atoms with E-state index >= 15 is 0 Å². The number of amides is 1. The van der Waals surface area contributed by atoms with Crippen molar-refractivity contribution in [2.24, 2.45) is 0 Å². The molecule has 176 valence electrons. The molecule has 1 atom stereocenters. The summed E-state index contributed by atoms with van der Waals surface area (Å²) < 4.78 is 7.05. The van der Waals surface area contributed by atoms with Gasteiger partial charge in [-0.2, -0.15) is 0 Å². The molecule has 1 aliphatic rings. The number of H-pyrrole nitrogens is 1. The zero-order chi connectivity index (χ0) is 24.2. The van der Waals surface area contributed by atoms with Gasteiger partial charge in [0.05, 0.1) is 16.8 Å². The topological polar surface area (TPSA) is 96.2 Å². The summed E-state index contributed by atoms with van der Waals surface area (Å²) in [6, 6.07) is 14.2. The van der Waals surface area contributed by atoms with Gasteiger partial charge in [-0.25, -0.2) is 4.90 Å². The summed E-state index contributed by atoms with van der Waals surface area (Å²) in [4.78, 5) is 42.6. The first-order chi connectivity index (χ1) is 16.4. The SMILES string of the molecule is CCCCCSc1n[n+]2c(c(=O)[nH]1)-c1ccccc1N(C(C)=O)C2c1ccccc1OC(C)=O. The van der Waals surface area contributed by atoms with E-state index in [0.29, 0.717) is 33.4 Å². The lowest BCUT2D eigenvalue weighted by atomic mass is 10.0. The van der Waals surface area contributed by atoms with Crippen LogP contribution in [0.25, 0.3) is 11.3 Å². The van der Waals surface area contributed by atoms with E-state index in [-0.39, 0.29) is 11.5 Å². The van der Waals surface area contributed by atoms with Gasteiger partial charge < -0.3 is 4.74 Å². The van der Waals surface area contributed by atoms with Crippen LogP contribution in [0, 0.1) is 0 Å². The second kappa shape index (κ2) is 10.2. The Morgan fingerprint density at radius 3 is 2.59 bits per heavy atom. The van der Waals surface area contributed by atoms with Crippen molar-refractivity contribution >= 4 is 29.3 Å². The highest BCUT2D eigenvalue weighted by Gasteiger charge is 2.46. The number of hydrogen-bond donors (Lipinski definition) is 1. The summed E-state index contributed by atoms with van der Waals surface area (Å²) >= 11 is 1.47. The smallest absolute Gasteiger partial charge is 0.325 e. The van der Waals surface area contributed by atoms with Crippen LogP contribution in [0.2, 0.25) is 0 Å². The molecule has 1 N–H and O–H groups in total. The molecule has 0 aliphatic carbocycles. The van der Waals surface area contributed by atoms with Crippen molar-refractivity contribution in [2.75, 3.05) is 10.7 Å². The Bertz CT molecular complexity index is 1290. The fourth-order valence-corrected chi connectivity index (χ4v) is 4.97. The number of carbonyl (C=O) groups excluding carboxylic acids is 2. The molecule has 1 amide bonds. The summed E-state index contributed by atoms with van der Waals surface area (Å²) in [7, 11) is 0. The van der Waals surface area contributed by atoms with E-state index in [1.807, 2.05) is 12.1 Å². The van der Waals surface area contributed by atoms with Crippen molar-refractivity contribution in [3.05, 3.63) is 64.4 Å². The molecule has 1 unspecified atom stereocenters. The maximum absolute atomic E-state index is 13.3. The Morgan fingerprint density at radius 2 is 1.85 bits per heavy atom. The highest BCUT2D eigenvalue weighted by molar-refractivity contribution is 7.99. The minimum atomic E-state index is -0.810. The molecular formula is C25H27N4O4S+. The van der Waals surface area contributed by atoms with Gasteiger partial charge in [0.15, 0.2) is 0 Å². The number of unbranched alkanes of at least 4 members (excludes halogenated alkanes) is 2. The number of esters is 1. The fourth-order valence-electron chi connectivity index (χ4n) is 4.12. The van der Waals surface area contributed by atoms with Gasteiger partial charge in [0.1, 0.15) is 5.75 Å². The third-order valence-corrected chi connectivity index (χ3v) is 6.48. The molecule has 8 nitrogen and oxygen atoms in total. The number of aromatic nitrogens is 3.